The summed E-state index contributed by atoms with van der Waals surface area (Å²) < 4.78 is 4.86. The molecule has 1 amide bonds. The topological polar surface area (TPSA) is 88.1 Å². The Bertz CT molecular complexity index is 437. The number of nitrogens with zero attached hydrogens (tertiary/aromatic N) is 1. The van der Waals surface area contributed by atoms with Crippen LogP contribution in [0.1, 0.15) is 12.5 Å². The van der Waals surface area contributed by atoms with E-state index in [0.717, 1.165) is 0 Å². The van der Waals surface area contributed by atoms with Crippen molar-refractivity contribution in [2.75, 3.05) is 18.2 Å². The second-order valence-electron chi connectivity index (χ2n) is 3.28. The van der Waals surface area contributed by atoms with Gasteiger partial charge in [0.2, 0.25) is 0 Å². The van der Waals surface area contributed by atoms with Crippen molar-refractivity contribution in [3.8, 4) is 6.07 Å². The molecule has 0 aliphatic carbocycles. The van der Waals surface area contributed by atoms with Crippen molar-refractivity contribution in [1.29, 1.82) is 5.26 Å². The Balaban J connectivity index is 2.90. The summed E-state index contributed by atoms with van der Waals surface area (Å²) in [6.07, 6.45) is -0.566. The summed E-state index contributed by atoms with van der Waals surface area (Å²) in [5.74, 6) is -0.302. The Labute approximate surface area is 93.8 Å². The van der Waals surface area contributed by atoms with Gasteiger partial charge >= 0.3 is 0 Å². The Morgan fingerprint density at radius 1 is 1.62 bits per heavy atom. The highest BCUT2D eigenvalue weighted by Gasteiger charge is 2.13. The predicted octanol–water partition coefficient (Wildman–Crippen LogP) is 1.11. The fourth-order valence-electron chi connectivity index (χ4n) is 1.10. The number of nitrogen functional groups attached to an aromatic ring is 1. The Hall–Kier alpha value is -2.06. The second kappa shape index (κ2) is 5.14. The van der Waals surface area contributed by atoms with Gasteiger partial charge in [-0.25, -0.2) is 0 Å². The van der Waals surface area contributed by atoms with Crippen LogP contribution in [0.5, 0.6) is 0 Å². The molecule has 1 aromatic rings. The first-order chi connectivity index (χ1) is 7.58. The number of nitrogens with two attached hydrogens (primary N) is 1. The molecule has 1 atom stereocenters. The van der Waals surface area contributed by atoms with Crippen LogP contribution in [-0.4, -0.2) is 19.1 Å². The molecule has 0 aliphatic heterocycles. The van der Waals surface area contributed by atoms with Crippen LogP contribution >= 0.6 is 0 Å². The number of nitrogens with one attached hydrogen (secondary N) is 1. The molecule has 3 N–H and O–H groups in total. The fraction of sp³-hybridized carbons (Fsp3) is 0.273. The Morgan fingerprint density at radius 2 is 2.31 bits per heavy atom. The van der Waals surface area contributed by atoms with Crippen molar-refractivity contribution >= 4 is 17.3 Å². The lowest BCUT2D eigenvalue weighted by atomic mass is 10.1. The number of amides is 1. The highest BCUT2D eigenvalue weighted by atomic mass is 16.5. The molecule has 0 aromatic heterocycles. The molecule has 0 heterocycles. The molecule has 0 aliphatic rings. The van der Waals surface area contributed by atoms with Crippen LogP contribution in [0.3, 0.4) is 0 Å². The van der Waals surface area contributed by atoms with Crippen molar-refractivity contribution in [3.05, 3.63) is 23.8 Å². The summed E-state index contributed by atoms with van der Waals surface area (Å²) in [7, 11) is 1.44. The molecule has 0 bridgehead atoms. The third-order valence-corrected chi connectivity index (χ3v) is 2.14. The number of anilines is 2. The third-order valence-electron chi connectivity index (χ3n) is 2.14. The largest absolute Gasteiger partial charge is 0.399 e. The highest BCUT2D eigenvalue weighted by Crippen LogP contribution is 2.18. The minimum Gasteiger partial charge on any atom is -0.399 e. The minimum absolute atomic E-state index is 0.302. The third kappa shape index (κ3) is 2.72. The van der Waals surface area contributed by atoms with E-state index in [2.05, 4.69) is 5.32 Å². The summed E-state index contributed by atoms with van der Waals surface area (Å²) in [6, 6.07) is 6.68. The number of carbonyl (C=O) groups is 1. The molecule has 0 radical (unpaired) electrons. The average Bonchev–Trinajstić information content (AvgIpc) is 2.30. The molecule has 1 rings (SSSR count). The predicted molar refractivity (Wildman–Crippen MR) is 60.7 cm³/mol. The van der Waals surface area contributed by atoms with E-state index < -0.39 is 6.10 Å². The quantitative estimate of drug-likeness (QED) is 0.745. The van der Waals surface area contributed by atoms with Crippen molar-refractivity contribution in [3.63, 3.8) is 0 Å². The van der Waals surface area contributed by atoms with Crippen LogP contribution in [0, 0.1) is 11.3 Å². The lowest BCUT2D eigenvalue weighted by Gasteiger charge is -2.11. The number of rotatable bonds is 3. The van der Waals surface area contributed by atoms with E-state index in [0.29, 0.717) is 16.9 Å². The van der Waals surface area contributed by atoms with Gasteiger partial charge in [-0.15, -0.1) is 0 Å². The van der Waals surface area contributed by atoms with Gasteiger partial charge in [-0.05, 0) is 25.1 Å². The smallest absolute Gasteiger partial charge is 0.253 e. The number of ether oxygens (including phenoxy) is 1. The summed E-state index contributed by atoms with van der Waals surface area (Å²) in [6.45, 7) is 1.62. The molecule has 0 saturated heterocycles. The first kappa shape index (κ1) is 12.0. The zero-order valence-corrected chi connectivity index (χ0v) is 9.15. The normalized spacial score (nSPS) is 11.6. The second-order valence-corrected chi connectivity index (χ2v) is 3.28. The van der Waals surface area contributed by atoms with Crippen LogP contribution in [0.25, 0.3) is 0 Å². The Kier molecular flexibility index (Phi) is 3.86. The molecule has 84 valence electrons. The number of hydrogen-bond donors (Lipinski definition) is 2. The van der Waals surface area contributed by atoms with E-state index in [9.17, 15) is 4.79 Å². The van der Waals surface area contributed by atoms with E-state index in [1.807, 2.05) is 6.07 Å². The molecule has 1 unspecified atom stereocenters. The summed E-state index contributed by atoms with van der Waals surface area (Å²) in [4.78, 5) is 11.5. The van der Waals surface area contributed by atoms with Crippen LogP contribution in [0.4, 0.5) is 11.4 Å². The number of benzene rings is 1. The SMILES string of the molecule is COC(C)C(=O)Nc1ccc(N)cc1C#N. The average molecular weight is 219 g/mol. The maximum atomic E-state index is 11.5. The maximum Gasteiger partial charge on any atom is 0.253 e. The van der Waals surface area contributed by atoms with E-state index in [4.69, 9.17) is 15.7 Å². The Morgan fingerprint density at radius 3 is 2.88 bits per heavy atom. The van der Waals surface area contributed by atoms with Crippen molar-refractivity contribution in [2.24, 2.45) is 0 Å². The minimum atomic E-state index is -0.566. The van der Waals surface area contributed by atoms with E-state index in [1.54, 1.807) is 19.1 Å². The number of methoxy groups -OCH3 is 1. The standard InChI is InChI=1S/C11H13N3O2/c1-7(16-2)11(15)14-10-4-3-9(13)5-8(10)6-12/h3-5,7H,13H2,1-2H3,(H,14,15). The molecule has 16 heavy (non-hydrogen) atoms. The molecule has 5 nitrogen and oxygen atoms in total. The van der Waals surface area contributed by atoms with Crippen molar-refractivity contribution < 1.29 is 9.53 Å². The van der Waals surface area contributed by atoms with Gasteiger partial charge in [-0.2, -0.15) is 5.26 Å². The first-order valence-corrected chi connectivity index (χ1v) is 4.71. The number of nitriles is 1. The summed E-state index contributed by atoms with van der Waals surface area (Å²) in [5.41, 5.74) is 6.78. The van der Waals surface area contributed by atoms with E-state index in [-0.39, 0.29) is 5.91 Å². The van der Waals surface area contributed by atoms with Gasteiger partial charge in [0.05, 0.1) is 11.3 Å². The molecule has 1 aromatic carbocycles. The van der Waals surface area contributed by atoms with Crippen molar-refractivity contribution in [2.45, 2.75) is 13.0 Å². The lowest BCUT2D eigenvalue weighted by molar-refractivity contribution is -0.124. The van der Waals surface area contributed by atoms with Crippen LogP contribution in [-0.2, 0) is 9.53 Å². The fourth-order valence-corrected chi connectivity index (χ4v) is 1.10. The van der Waals surface area contributed by atoms with Crippen LogP contribution < -0.4 is 11.1 Å². The summed E-state index contributed by atoms with van der Waals surface area (Å²) >= 11 is 0. The summed E-state index contributed by atoms with van der Waals surface area (Å²) in [5, 5.41) is 11.5. The van der Waals surface area contributed by atoms with Gasteiger partial charge in [0.15, 0.2) is 0 Å². The van der Waals surface area contributed by atoms with Crippen molar-refractivity contribution in [1.82, 2.24) is 0 Å². The van der Waals surface area contributed by atoms with Gasteiger partial charge in [0.1, 0.15) is 12.2 Å². The first-order valence-electron chi connectivity index (χ1n) is 4.71. The monoisotopic (exact) mass is 219 g/mol. The van der Waals surface area contributed by atoms with Gasteiger partial charge in [-0.1, -0.05) is 0 Å². The molecule has 0 spiro atoms. The highest BCUT2D eigenvalue weighted by molar-refractivity contribution is 5.95. The molecule has 5 heteroatoms. The van der Waals surface area contributed by atoms with Crippen LogP contribution in [0.2, 0.25) is 0 Å². The van der Waals surface area contributed by atoms with Gasteiger partial charge in [0.25, 0.3) is 5.91 Å². The van der Waals surface area contributed by atoms with Gasteiger partial charge in [0, 0.05) is 12.8 Å². The maximum absolute atomic E-state index is 11.5. The van der Waals surface area contributed by atoms with Gasteiger partial charge < -0.3 is 15.8 Å². The van der Waals surface area contributed by atoms with Gasteiger partial charge in [-0.3, -0.25) is 4.79 Å². The molecular formula is C11H13N3O2. The number of hydrogen-bond acceptors (Lipinski definition) is 4. The number of carbonyl (C=O) groups excluding carboxylic acids is 1. The molecule has 0 fully saturated rings. The van der Waals surface area contributed by atoms with Crippen LogP contribution in [0.15, 0.2) is 18.2 Å². The van der Waals surface area contributed by atoms with E-state index >= 15 is 0 Å². The lowest BCUT2D eigenvalue weighted by Crippen LogP contribution is -2.26. The molecular weight excluding hydrogens is 206 g/mol. The van der Waals surface area contributed by atoms with E-state index in [1.165, 1.54) is 13.2 Å². The zero-order valence-electron chi connectivity index (χ0n) is 9.15. The zero-order chi connectivity index (χ0) is 12.1. The molecule has 0 saturated carbocycles.